The Balaban J connectivity index is 2.10. The van der Waals surface area contributed by atoms with E-state index in [1.165, 1.54) is 25.3 Å². The van der Waals surface area contributed by atoms with Gasteiger partial charge in [-0.1, -0.05) is 18.6 Å². The Morgan fingerprint density at radius 3 is 2.68 bits per heavy atom. The number of benzene rings is 1. The van der Waals surface area contributed by atoms with Gasteiger partial charge in [-0.3, -0.25) is 15.0 Å². The average Bonchev–Trinajstić information content (AvgIpc) is 2.39. The molecule has 5 heteroatoms. The number of nitro groups is 1. The second-order valence-electron chi connectivity index (χ2n) is 5.51. The Morgan fingerprint density at radius 2 is 2.05 bits per heavy atom. The molecule has 19 heavy (non-hydrogen) atoms. The van der Waals surface area contributed by atoms with E-state index in [2.05, 4.69) is 4.90 Å². The van der Waals surface area contributed by atoms with Gasteiger partial charge in [0.05, 0.1) is 10.6 Å². The van der Waals surface area contributed by atoms with Crippen LogP contribution in [0.25, 0.3) is 0 Å². The lowest BCUT2D eigenvalue weighted by Crippen LogP contribution is -2.56. The molecule has 104 valence electrons. The van der Waals surface area contributed by atoms with Crippen LogP contribution in [-0.4, -0.2) is 28.6 Å². The van der Waals surface area contributed by atoms with Crippen molar-refractivity contribution in [3.63, 3.8) is 0 Å². The first-order valence-electron chi connectivity index (χ1n) is 6.76. The van der Waals surface area contributed by atoms with Crippen LogP contribution in [0.3, 0.4) is 0 Å². The summed E-state index contributed by atoms with van der Waals surface area (Å²) in [5.74, 6) is 0. The summed E-state index contributed by atoms with van der Waals surface area (Å²) < 4.78 is 0. The minimum Gasteiger partial charge on any atom is -0.313 e. The Hall–Kier alpha value is -1.46. The van der Waals surface area contributed by atoms with Crippen LogP contribution in [0.4, 0.5) is 5.69 Å². The fraction of sp³-hybridized carbons (Fsp3) is 0.571. The molecule has 0 bridgehead atoms. The minimum absolute atomic E-state index is 0.131. The van der Waals surface area contributed by atoms with E-state index in [-0.39, 0.29) is 10.6 Å². The van der Waals surface area contributed by atoms with Crippen molar-refractivity contribution in [2.75, 3.05) is 13.1 Å². The second kappa shape index (κ2) is 5.67. The molecule has 1 atom stereocenters. The summed E-state index contributed by atoms with van der Waals surface area (Å²) in [6.07, 6.45) is 4.27. The van der Waals surface area contributed by atoms with Crippen LogP contribution in [-0.2, 0) is 6.42 Å². The van der Waals surface area contributed by atoms with Gasteiger partial charge in [0.2, 0.25) is 0 Å². The standard InChI is InChI=1S/C14H21N3O2/c1-14(15,16-8-3-2-4-9-16)11-12-6-5-7-13(10-12)17(18)19/h5-7,10H,2-4,8-9,11,15H2,1H3. The maximum absolute atomic E-state index is 10.8. The predicted molar refractivity (Wildman–Crippen MR) is 74.8 cm³/mol. The SMILES string of the molecule is CC(N)(Cc1cccc([N+](=O)[O-])c1)N1CCCCC1. The summed E-state index contributed by atoms with van der Waals surface area (Å²) in [6.45, 7) is 4.04. The predicted octanol–water partition coefficient (Wildman–Crippen LogP) is 2.30. The van der Waals surface area contributed by atoms with Crippen LogP contribution >= 0.6 is 0 Å². The zero-order valence-electron chi connectivity index (χ0n) is 11.3. The largest absolute Gasteiger partial charge is 0.313 e. The Kier molecular flexibility index (Phi) is 4.17. The van der Waals surface area contributed by atoms with Crippen LogP contribution in [0.15, 0.2) is 24.3 Å². The molecule has 1 heterocycles. The lowest BCUT2D eigenvalue weighted by molar-refractivity contribution is -0.384. The molecule has 0 spiro atoms. The monoisotopic (exact) mass is 263 g/mol. The first-order chi connectivity index (χ1) is 8.99. The van der Waals surface area contributed by atoms with Gasteiger partial charge < -0.3 is 5.73 Å². The first-order valence-corrected chi connectivity index (χ1v) is 6.76. The number of rotatable bonds is 4. The zero-order chi connectivity index (χ0) is 13.9. The normalized spacial score (nSPS) is 19.9. The molecule has 0 aliphatic carbocycles. The number of non-ortho nitro benzene ring substituents is 1. The van der Waals surface area contributed by atoms with Gasteiger partial charge in [-0.05, 0) is 38.4 Å². The van der Waals surface area contributed by atoms with Crippen molar-refractivity contribution in [3.05, 3.63) is 39.9 Å². The van der Waals surface area contributed by atoms with E-state index in [1.54, 1.807) is 12.1 Å². The number of nitro benzene ring substituents is 1. The average molecular weight is 263 g/mol. The molecule has 1 aliphatic heterocycles. The van der Waals surface area contributed by atoms with Crippen molar-refractivity contribution >= 4 is 5.69 Å². The van der Waals surface area contributed by atoms with Crippen molar-refractivity contribution in [3.8, 4) is 0 Å². The maximum Gasteiger partial charge on any atom is 0.269 e. The van der Waals surface area contributed by atoms with Gasteiger partial charge >= 0.3 is 0 Å². The molecule has 0 amide bonds. The number of likely N-dealkylation sites (tertiary alicyclic amines) is 1. The van der Waals surface area contributed by atoms with Gasteiger partial charge in [0.15, 0.2) is 0 Å². The van der Waals surface area contributed by atoms with Crippen LogP contribution in [0.1, 0.15) is 31.7 Å². The summed E-state index contributed by atoms with van der Waals surface area (Å²) in [5.41, 5.74) is 7.02. The molecule has 1 saturated heterocycles. The third-order valence-corrected chi connectivity index (χ3v) is 3.76. The van der Waals surface area contributed by atoms with E-state index in [0.717, 1.165) is 18.7 Å². The van der Waals surface area contributed by atoms with Crippen molar-refractivity contribution in [1.82, 2.24) is 4.90 Å². The van der Waals surface area contributed by atoms with Gasteiger partial charge in [-0.2, -0.15) is 0 Å². The highest BCUT2D eigenvalue weighted by Crippen LogP contribution is 2.22. The van der Waals surface area contributed by atoms with E-state index in [4.69, 9.17) is 5.73 Å². The van der Waals surface area contributed by atoms with Crippen LogP contribution < -0.4 is 5.73 Å². The summed E-state index contributed by atoms with van der Waals surface area (Å²) in [6, 6.07) is 6.76. The molecule has 2 rings (SSSR count). The topological polar surface area (TPSA) is 72.4 Å². The molecular weight excluding hydrogens is 242 g/mol. The lowest BCUT2D eigenvalue weighted by atomic mass is 9.97. The third-order valence-electron chi connectivity index (χ3n) is 3.76. The minimum atomic E-state index is -0.435. The van der Waals surface area contributed by atoms with Gasteiger partial charge in [0.1, 0.15) is 0 Å². The maximum atomic E-state index is 10.8. The highest BCUT2D eigenvalue weighted by Gasteiger charge is 2.28. The summed E-state index contributed by atoms with van der Waals surface area (Å²) in [7, 11) is 0. The molecule has 1 aromatic carbocycles. The van der Waals surface area contributed by atoms with Crippen LogP contribution in [0.2, 0.25) is 0 Å². The van der Waals surface area contributed by atoms with Crippen LogP contribution in [0, 0.1) is 10.1 Å². The van der Waals surface area contributed by atoms with E-state index < -0.39 is 5.66 Å². The van der Waals surface area contributed by atoms with Crippen molar-refractivity contribution in [1.29, 1.82) is 0 Å². The number of nitrogens with two attached hydrogens (primary N) is 1. The van der Waals surface area contributed by atoms with E-state index in [9.17, 15) is 10.1 Å². The summed E-state index contributed by atoms with van der Waals surface area (Å²) in [5, 5.41) is 10.8. The first kappa shape index (κ1) is 14.0. The van der Waals surface area contributed by atoms with E-state index in [1.807, 2.05) is 13.0 Å². The lowest BCUT2D eigenvalue weighted by Gasteiger charge is -2.40. The van der Waals surface area contributed by atoms with Gasteiger partial charge in [0, 0.05) is 18.6 Å². The summed E-state index contributed by atoms with van der Waals surface area (Å²) in [4.78, 5) is 12.7. The number of nitrogens with zero attached hydrogens (tertiary/aromatic N) is 2. The quantitative estimate of drug-likeness (QED) is 0.668. The molecule has 1 aromatic rings. The molecule has 0 radical (unpaired) electrons. The number of hydrogen-bond acceptors (Lipinski definition) is 4. The second-order valence-corrected chi connectivity index (χ2v) is 5.51. The fourth-order valence-electron chi connectivity index (χ4n) is 2.71. The molecule has 1 fully saturated rings. The highest BCUT2D eigenvalue weighted by molar-refractivity contribution is 5.35. The molecule has 2 N–H and O–H groups in total. The molecule has 5 nitrogen and oxygen atoms in total. The van der Waals surface area contributed by atoms with Crippen LogP contribution in [0.5, 0.6) is 0 Å². The third kappa shape index (κ3) is 3.52. The summed E-state index contributed by atoms with van der Waals surface area (Å²) >= 11 is 0. The van der Waals surface area contributed by atoms with Gasteiger partial charge in [-0.15, -0.1) is 0 Å². The fourth-order valence-corrected chi connectivity index (χ4v) is 2.71. The van der Waals surface area contributed by atoms with E-state index >= 15 is 0 Å². The Bertz CT molecular complexity index is 454. The molecule has 1 unspecified atom stereocenters. The smallest absolute Gasteiger partial charge is 0.269 e. The zero-order valence-corrected chi connectivity index (χ0v) is 11.3. The number of hydrogen-bond donors (Lipinski definition) is 1. The van der Waals surface area contributed by atoms with Crippen molar-refractivity contribution < 1.29 is 4.92 Å². The molecule has 0 aromatic heterocycles. The molecule has 0 saturated carbocycles. The number of piperidine rings is 1. The van der Waals surface area contributed by atoms with Crippen molar-refractivity contribution in [2.24, 2.45) is 5.73 Å². The Labute approximate surface area is 113 Å². The van der Waals surface area contributed by atoms with Gasteiger partial charge in [0.25, 0.3) is 5.69 Å². The Morgan fingerprint density at radius 1 is 1.37 bits per heavy atom. The van der Waals surface area contributed by atoms with Crippen molar-refractivity contribution in [2.45, 2.75) is 38.3 Å². The van der Waals surface area contributed by atoms with Gasteiger partial charge in [-0.25, -0.2) is 0 Å². The van der Waals surface area contributed by atoms with E-state index in [0.29, 0.717) is 6.42 Å². The molecule has 1 aliphatic rings. The molecular formula is C14H21N3O2. The highest BCUT2D eigenvalue weighted by atomic mass is 16.6.